The molecule has 0 atom stereocenters. The highest BCUT2D eigenvalue weighted by molar-refractivity contribution is 7.16. The minimum atomic E-state index is -0.142. The first-order valence-electron chi connectivity index (χ1n) is 9.98. The molecule has 6 nitrogen and oxygen atoms in total. The molecule has 0 saturated carbocycles. The molecular weight excluding hydrogens is 424 g/mol. The van der Waals surface area contributed by atoms with Gasteiger partial charge in [-0.1, -0.05) is 47.7 Å². The third-order valence-corrected chi connectivity index (χ3v) is 5.56. The Kier molecular flexibility index (Phi) is 10.9. The van der Waals surface area contributed by atoms with Crippen molar-refractivity contribution in [3.63, 3.8) is 0 Å². The van der Waals surface area contributed by atoms with Crippen molar-refractivity contribution < 1.29 is 14.6 Å². The molecule has 3 N–H and O–H groups in total. The monoisotopic (exact) mass is 452 g/mol. The van der Waals surface area contributed by atoms with E-state index in [1.54, 1.807) is 6.07 Å². The molecule has 3 rings (SSSR count). The zero-order valence-corrected chi connectivity index (χ0v) is 18.5. The molecule has 0 bridgehead atoms. The molecule has 8 heteroatoms. The van der Waals surface area contributed by atoms with E-state index in [0.29, 0.717) is 25.3 Å². The number of ether oxygens (including phenoxy) is 2. The van der Waals surface area contributed by atoms with Gasteiger partial charge in [0, 0.05) is 6.61 Å². The Balaban J connectivity index is 0.00000320. The van der Waals surface area contributed by atoms with E-state index < -0.39 is 0 Å². The molecule has 2 aromatic carbocycles. The maximum atomic E-state index is 11.5. The van der Waals surface area contributed by atoms with Gasteiger partial charge < -0.3 is 24.9 Å². The van der Waals surface area contributed by atoms with Gasteiger partial charge >= 0.3 is 4.87 Å². The predicted molar refractivity (Wildman–Crippen MR) is 124 cm³/mol. The van der Waals surface area contributed by atoms with Crippen LogP contribution in [-0.4, -0.2) is 49.6 Å². The van der Waals surface area contributed by atoms with Crippen LogP contribution in [0.3, 0.4) is 0 Å². The zero-order valence-electron chi connectivity index (χ0n) is 16.9. The van der Waals surface area contributed by atoms with Gasteiger partial charge in [0.2, 0.25) is 0 Å². The van der Waals surface area contributed by atoms with Gasteiger partial charge in [-0.05, 0) is 49.5 Å². The average Bonchev–Trinajstić information content (AvgIpc) is 3.13. The second-order valence-electron chi connectivity index (χ2n) is 6.78. The van der Waals surface area contributed by atoms with Gasteiger partial charge in [0.1, 0.15) is 11.3 Å². The molecule has 0 unspecified atom stereocenters. The average molecular weight is 453 g/mol. The van der Waals surface area contributed by atoms with Crippen LogP contribution in [0.25, 0.3) is 10.2 Å². The van der Waals surface area contributed by atoms with Crippen LogP contribution in [0.4, 0.5) is 0 Å². The van der Waals surface area contributed by atoms with Gasteiger partial charge in [-0.3, -0.25) is 4.79 Å². The van der Waals surface area contributed by atoms with Gasteiger partial charge in [-0.25, -0.2) is 0 Å². The van der Waals surface area contributed by atoms with Crippen LogP contribution in [0.1, 0.15) is 17.5 Å². The lowest BCUT2D eigenvalue weighted by atomic mass is 10.1. The normalized spacial score (nSPS) is 10.9. The van der Waals surface area contributed by atoms with Crippen molar-refractivity contribution in [1.29, 1.82) is 0 Å². The highest BCUT2D eigenvalue weighted by Gasteiger charge is 2.09. The van der Waals surface area contributed by atoms with E-state index in [1.807, 2.05) is 24.3 Å². The van der Waals surface area contributed by atoms with Gasteiger partial charge in [0.15, 0.2) is 0 Å². The fraction of sp³-hybridized carbons (Fsp3) is 0.409. The van der Waals surface area contributed by atoms with E-state index in [2.05, 4.69) is 22.4 Å². The number of rotatable bonds is 13. The van der Waals surface area contributed by atoms with Crippen molar-refractivity contribution in [2.45, 2.75) is 19.3 Å². The van der Waals surface area contributed by atoms with Gasteiger partial charge in [-0.2, -0.15) is 0 Å². The number of phenolic OH excluding ortho intramolecular Hbond substituents is 1. The minimum absolute atomic E-state index is 0. The lowest BCUT2D eigenvalue weighted by Crippen LogP contribution is -2.20. The first-order chi connectivity index (χ1) is 14.2. The summed E-state index contributed by atoms with van der Waals surface area (Å²) < 4.78 is 12.0. The number of aromatic amines is 1. The van der Waals surface area contributed by atoms with Gasteiger partial charge in [0.25, 0.3) is 0 Å². The summed E-state index contributed by atoms with van der Waals surface area (Å²) in [6.07, 6.45) is 2.67. The molecule has 1 aromatic heterocycles. The Hall–Kier alpha value is -1.90. The SMILES string of the molecule is Cl.O=c1[nH]c2c(O)ccc(CCNCCCOCCOCCc3ccccc3)c2s1. The summed E-state index contributed by atoms with van der Waals surface area (Å²) in [5.74, 6) is 0.122. The number of aromatic hydroxyl groups is 1. The fourth-order valence-corrected chi connectivity index (χ4v) is 3.97. The Labute approximate surface area is 186 Å². The summed E-state index contributed by atoms with van der Waals surface area (Å²) in [6.45, 7) is 4.35. The first kappa shape index (κ1) is 24.4. The van der Waals surface area contributed by atoms with E-state index in [-0.39, 0.29) is 23.0 Å². The van der Waals surface area contributed by atoms with E-state index in [9.17, 15) is 9.90 Å². The first-order valence-corrected chi connectivity index (χ1v) is 10.8. The molecule has 0 amide bonds. The number of aromatic nitrogens is 1. The zero-order chi connectivity index (χ0) is 20.3. The van der Waals surface area contributed by atoms with E-state index in [4.69, 9.17) is 9.47 Å². The number of benzene rings is 2. The quantitative estimate of drug-likeness (QED) is 0.345. The van der Waals surface area contributed by atoms with Gasteiger partial charge in [-0.15, -0.1) is 12.4 Å². The van der Waals surface area contributed by atoms with Crippen molar-refractivity contribution in [2.75, 3.05) is 39.5 Å². The summed E-state index contributed by atoms with van der Waals surface area (Å²) in [6, 6.07) is 13.8. The molecule has 0 saturated heterocycles. The number of halogens is 1. The number of nitrogens with one attached hydrogen (secondary N) is 2. The van der Waals surface area contributed by atoms with Crippen molar-refractivity contribution in [1.82, 2.24) is 10.3 Å². The Morgan fingerprint density at radius 2 is 1.70 bits per heavy atom. The lowest BCUT2D eigenvalue weighted by Gasteiger charge is -2.08. The Morgan fingerprint density at radius 3 is 2.50 bits per heavy atom. The van der Waals surface area contributed by atoms with Crippen molar-refractivity contribution in [3.8, 4) is 5.75 Å². The number of fused-ring (bicyclic) bond motifs is 1. The highest BCUT2D eigenvalue weighted by Crippen LogP contribution is 2.27. The van der Waals surface area contributed by atoms with Crippen LogP contribution in [-0.2, 0) is 22.3 Å². The van der Waals surface area contributed by atoms with Crippen LogP contribution < -0.4 is 10.2 Å². The predicted octanol–water partition coefficient (Wildman–Crippen LogP) is 3.52. The summed E-state index contributed by atoms with van der Waals surface area (Å²) >= 11 is 1.14. The van der Waals surface area contributed by atoms with Crippen LogP contribution >= 0.6 is 23.7 Å². The minimum Gasteiger partial charge on any atom is -0.506 e. The lowest BCUT2D eigenvalue weighted by molar-refractivity contribution is 0.0481. The maximum Gasteiger partial charge on any atom is 0.305 e. The molecule has 3 aromatic rings. The maximum absolute atomic E-state index is 11.5. The molecule has 0 aliphatic rings. The smallest absolute Gasteiger partial charge is 0.305 e. The van der Waals surface area contributed by atoms with E-state index in [0.717, 1.165) is 60.6 Å². The van der Waals surface area contributed by atoms with Crippen LogP contribution in [0.5, 0.6) is 5.75 Å². The summed E-state index contributed by atoms with van der Waals surface area (Å²) in [5.41, 5.74) is 2.90. The van der Waals surface area contributed by atoms with Crippen LogP contribution in [0, 0.1) is 0 Å². The van der Waals surface area contributed by atoms with E-state index in [1.165, 1.54) is 5.56 Å². The Morgan fingerprint density at radius 1 is 0.933 bits per heavy atom. The molecule has 0 radical (unpaired) electrons. The summed E-state index contributed by atoms with van der Waals surface area (Å²) in [4.78, 5) is 14.1. The summed E-state index contributed by atoms with van der Waals surface area (Å²) in [7, 11) is 0. The largest absolute Gasteiger partial charge is 0.506 e. The second kappa shape index (κ2) is 13.4. The van der Waals surface area contributed by atoms with Crippen LogP contribution in [0.15, 0.2) is 47.3 Å². The third kappa shape index (κ3) is 7.74. The molecule has 0 aliphatic heterocycles. The van der Waals surface area contributed by atoms with E-state index >= 15 is 0 Å². The van der Waals surface area contributed by atoms with Crippen molar-refractivity contribution >= 4 is 34.0 Å². The summed E-state index contributed by atoms with van der Waals surface area (Å²) in [5, 5.41) is 13.2. The number of hydrogen-bond donors (Lipinski definition) is 3. The molecule has 0 aliphatic carbocycles. The number of hydrogen-bond acceptors (Lipinski definition) is 6. The molecule has 0 spiro atoms. The van der Waals surface area contributed by atoms with Gasteiger partial charge in [0.05, 0.1) is 24.5 Å². The van der Waals surface area contributed by atoms with Crippen molar-refractivity contribution in [2.24, 2.45) is 0 Å². The number of thiazole rings is 1. The standard InChI is InChI=1S/C22H28N2O4S.ClH/c25-19-8-7-18(21-20(19)24-22(26)29-21)9-12-23-11-4-13-27-15-16-28-14-10-17-5-2-1-3-6-17;/h1-3,5-8,23,25H,4,9-16H2,(H,24,26);1H. The topological polar surface area (TPSA) is 83.6 Å². The third-order valence-electron chi connectivity index (χ3n) is 4.60. The number of phenols is 1. The highest BCUT2D eigenvalue weighted by atomic mass is 35.5. The molecule has 0 fully saturated rings. The molecule has 164 valence electrons. The molecule has 1 heterocycles. The second-order valence-corrected chi connectivity index (χ2v) is 7.76. The molecule has 30 heavy (non-hydrogen) atoms. The Bertz CT molecular complexity index is 930. The number of H-pyrrole nitrogens is 1. The fourth-order valence-electron chi connectivity index (χ4n) is 3.07. The van der Waals surface area contributed by atoms with Crippen LogP contribution in [0.2, 0.25) is 0 Å². The van der Waals surface area contributed by atoms with Crippen molar-refractivity contribution in [3.05, 3.63) is 63.3 Å². The molecular formula is C22H29ClN2O4S.